The summed E-state index contributed by atoms with van der Waals surface area (Å²) in [5.74, 6) is -0.747. The van der Waals surface area contributed by atoms with Gasteiger partial charge in [0.05, 0.1) is 11.4 Å². The van der Waals surface area contributed by atoms with Crippen LogP contribution in [0, 0.1) is 12.3 Å². The van der Waals surface area contributed by atoms with Gasteiger partial charge in [-0.25, -0.2) is 0 Å². The van der Waals surface area contributed by atoms with Gasteiger partial charge in [0, 0.05) is 5.56 Å². The molecule has 0 radical (unpaired) electrons. The number of carbonyl (C=O) groups excluding carboxylic acids is 1. The first-order chi connectivity index (χ1) is 10.1. The van der Waals surface area contributed by atoms with Crippen molar-refractivity contribution in [2.24, 2.45) is 10.8 Å². The number of hydrogen-bond acceptors (Lipinski definition) is 4. The highest BCUT2D eigenvalue weighted by Crippen LogP contribution is 2.09. The number of rotatable bonds is 5. The van der Waals surface area contributed by atoms with Gasteiger partial charge in [-0.15, -0.1) is 0 Å². The Hall–Kier alpha value is -2.95. The molecule has 2 aromatic rings. The number of amides is 1. The van der Waals surface area contributed by atoms with Crippen molar-refractivity contribution in [3.05, 3.63) is 65.7 Å². The highest BCUT2D eigenvalue weighted by molar-refractivity contribution is 6.69. The summed E-state index contributed by atoms with van der Waals surface area (Å²) in [5, 5.41) is 12.0. The molecule has 0 atom stereocenters. The van der Waals surface area contributed by atoms with Crippen molar-refractivity contribution in [2.75, 3.05) is 5.43 Å². The largest absolute Gasteiger partial charge is 0.364 e. The van der Waals surface area contributed by atoms with Gasteiger partial charge in [-0.2, -0.15) is 5.10 Å². The molecule has 106 valence electrons. The summed E-state index contributed by atoms with van der Waals surface area (Å²) in [6.45, 7) is 1.98. The summed E-state index contributed by atoms with van der Waals surface area (Å²) in [4.78, 5) is 11.5. The second-order valence-electron chi connectivity index (χ2n) is 4.54. The number of hydrazone groups is 1. The van der Waals surface area contributed by atoms with E-state index in [1.54, 1.807) is 24.3 Å². The Morgan fingerprint density at radius 1 is 1.10 bits per heavy atom. The summed E-state index contributed by atoms with van der Waals surface area (Å²) in [5.41, 5.74) is 10.4. The zero-order chi connectivity index (χ0) is 15.2. The van der Waals surface area contributed by atoms with E-state index in [1.165, 1.54) is 0 Å². The van der Waals surface area contributed by atoms with Crippen LogP contribution in [0.5, 0.6) is 0 Å². The number of carbonyl (C=O) groups is 1. The monoisotopic (exact) mass is 280 g/mol. The van der Waals surface area contributed by atoms with Gasteiger partial charge in [0.15, 0.2) is 5.71 Å². The van der Waals surface area contributed by atoms with Crippen molar-refractivity contribution in [1.82, 2.24) is 0 Å². The van der Waals surface area contributed by atoms with Crippen LogP contribution in [0.2, 0.25) is 0 Å². The molecule has 0 aliphatic carbocycles. The van der Waals surface area contributed by atoms with Crippen molar-refractivity contribution in [2.45, 2.75) is 6.92 Å². The van der Waals surface area contributed by atoms with Crippen LogP contribution >= 0.6 is 0 Å². The Bertz CT molecular complexity index is 675. The minimum absolute atomic E-state index is 0.0114. The van der Waals surface area contributed by atoms with Gasteiger partial charge in [-0.3, -0.25) is 15.6 Å². The molecule has 0 aromatic heterocycles. The van der Waals surface area contributed by atoms with Gasteiger partial charge >= 0.3 is 0 Å². The Labute approximate surface area is 123 Å². The Morgan fingerprint density at radius 3 is 2.29 bits per heavy atom. The third-order valence-corrected chi connectivity index (χ3v) is 2.88. The fourth-order valence-electron chi connectivity index (χ4n) is 1.72. The van der Waals surface area contributed by atoms with Gasteiger partial charge < -0.3 is 5.73 Å². The third kappa shape index (κ3) is 3.76. The molecule has 4 N–H and O–H groups in total. The van der Waals surface area contributed by atoms with Crippen LogP contribution in [0.25, 0.3) is 0 Å². The predicted octanol–water partition coefficient (Wildman–Crippen LogP) is 2.32. The molecule has 2 rings (SSSR count). The molecule has 0 unspecified atom stereocenters. The van der Waals surface area contributed by atoms with Crippen LogP contribution in [0.4, 0.5) is 5.69 Å². The quantitative estimate of drug-likeness (QED) is 0.579. The maximum absolute atomic E-state index is 11.5. The Balaban J connectivity index is 2.23. The SMILES string of the molecule is Cc1ccc(N/N=C(\C(=N)c2ccccc2)C(N)=O)cc1. The fourth-order valence-corrected chi connectivity index (χ4v) is 1.72. The highest BCUT2D eigenvalue weighted by atomic mass is 16.1. The molecule has 0 aliphatic rings. The molecule has 0 aliphatic heterocycles. The summed E-state index contributed by atoms with van der Waals surface area (Å²) in [7, 11) is 0. The molecule has 0 saturated heterocycles. The maximum atomic E-state index is 11.5. The van der Waals surface area contributed by atoms with Gasteiger partial charge in [-0.1, -0.05) is 48.0 Å². The fraction of sp³-hybridized carbons (Fsp3) is 0.0625. The Kier molecular flexibility index (Phi) is 4.46. The van der Waals surface area contributed by atoms with E-state index in [1.807, 2.05) is 37.3 Å². The van der Waals surface area contributed by atoms with Crippen LogP contribution < -0.4 is 11.2 Å². The van der Waals surface area contributed by atoms with Crippen LogP contribution in [0.15, 0.2) is 59.7 Å². The van der Waals surface area contributed by atoms with E-state index in [2.05, 4.69) is 10.5 Å². The summed E-state index contributed by atoms with van der Waals surface area (Å²) < 4.78 is 0. The van der Waals surface area contributed by atoms with Crippen LogP contribution in [-0.2, 0) is 4.79 Å². The predicted molar refractivity (Wildman–Crippen MR) is 84.7 cm³/mol. The molecule has 0 spiro atoms. The number of anilines is 1. The minimum Gasteiger partial charge on any atom is -0.364 e. The zero-order valence-electron chi connectivity index (χ0n) is 11.6. The first kappa shape index (κ1) is 14.5. The van der Waals surface area contributed by atoms with E-state index in [0.717, 1.165) is 11.3 Å². The van der Waals surface area contributed by atoms with E-state index in [9.17, 15) is 4.79 Å². The Morgan fingerprint density at radius 2 is 1.71 bits per heavy atom. The summed E-state index contributed by atoms with van der Waals surface area (Å²) in [6.07, 6.45) is 0. The lowest BCUT2D eigenvalue weighted by Crippen LogP contribution is -2.31. The van der Waals surface area contributed by atoms with E-state index in [-0.39, 0.29) is 11.4 Å². The van der Waals surface area contributed by atoms with Gasteiger partial charge in [0.25, 0.3) is 5.91 Å². The number of nitrogens with two attached hydrogens (primary N) is 1. The molecule has 0 heterocycles. The number of hydrogen-bond donors (Lipinski definition) is 3. The third-order valence-electron chi connectivity index (χ3n) is 2.88. The molecule has 0 bridgehead atoms. The normalized spacial score (nSPS) is 11.0. The molecular weight excluding hydrogens is 264 g/mol. The van der Waals surface area contributed by atoms with E-state index < -0.39 is 5.91 Å². The molecule has 5 nitrogen and oxygen atoms in total. The van der Waals surface area contributed by atoms with Gasteiger partial charge in [0.2, 0.25) is 0 Å². The van der Waals surface area contributed by atoms with Gasteiger partial charge in [-0.05, 0) is 19.1 Å². The average molecular weight is 280 g/mol. The molecule has 0 fully saturated rings. The second kappa shape index (κ2) is 6.47. The van der Waals surface area contributed by atoms with Crippen molar-refractivity contribution >= 4 is 23.0 Å². The maximum Gasteiger partial charge on any atom is 0.271 e. The second-order valence-corrected chi connectivity index (χ2v) is 4.54. The average Bonchev–Trinajstić information content (AvgIpc) is 2.49. The molecule has 5 heteroatoms. The summed E-state index contributed by atoms with van der Waals surface area (Å²) >= 11 is 0. The van der Waals surface area contributed by atoms with Crippen molar-refractivity contribution in [1.29, 1.82) is 5.41 Å². The molecule has 21 heavy (non-hydrogen) atoms. The number of nitrogens with one attached hydrogen (secondary N) is 2. The zero-order valence-corrected chi connectivity index (χ0v) is 11.6. The van der Waals surface area contributed by atoms with Crippen LogP contribution in [0.1, 0.15) is 11.1 Å². The molecule has 0 saturated carbocycles. The van der Waals surface area contributed by atoms with E-state index >= 15 is 0 Å². The first-order valence-electron chi connectivity index (χ1n) is 6.42. The number of benzene rings is 2. The topological polar surface area (TPSA) is 91.3 Å². The molecule has 2 aromatic carbocycles. The highest BCUT2D eigenvalue weighted by Gasteiger charge is 2.15. The van der Waals surface area contributed by atoms with Crippen LogP contribution in [0.3, 0.4) is 0 Å². The van der Waals surface area contributed by atoms with Crippen LogP contribution in [-0.4, -0.2) is 17.3 Å². The first-order valence-corrected chi connectivity index (χ1v) is 6.42. The summed E-state index contributed by atoms with van der Waals surface area (Å²) in [6, 6.07) is 16.4. The van der Waals surface area contributed by atoms with Crippen molar-refractivity contribution in [3.8, 4) is 0 Å². The number of nitrogens with zero attached hydrogens (tertiary/aromatic N) is 1. The standard InChI is InChI=1S/C16H16N4O/c1-11-7-9-13(10-8-11)19-20-15(16(18)21)14(17)12-5-3-2-4-6-12/h2-10,17,19H,1H3,(H2,18,21)/b17-14?,20-15+. The molecule has 1 amide bonds. The smallest absolute Gasteiger partial charge is 0.271 e. The number of primary amides is 1. The lowest BCUT2D eigenvalue weighted by atomic mass is 10.1. The van der Waals surface area contributed by atoms with Gasteiger partial charge in [0.1, 0.15) is 0 Å². The van der Waals surface area contributed by atoms with Crippen molar-refractivity contribution in [3.63, 3.8) is 0 Å². The van der Waals surface area contributed by atoms with Crippen molar-refractivity contribution < 1.29 is 4.79 Å². The lowest BCUT2D eigenvalue weighted by Gasteiger charge is -2.06. The van der Waals surface area contributed by atoms with E-state index in [0.29, 0.717) is 5.56 Å². The van der Waals surface area contributed by atoms with E-state index in [4.69, 9.17) is 11.1 Å². The lowest BCUT2D eigenvalue weighted by molar-refractivity contribution is -0.111. The minimum atomic E-state index is -0.747. The number of aryl methyl sites for hydroxylation is 1. The molecular formula is C16H16N4O.